The summed E-state index contributed by atoms with van der Waals surface area (Å²) in [4.78, 5) is 36.9. The van der Waals surface area contributed by atoms with Crippen LogP contribution in [-0.2, 0) is 46.1 Å². The maximum atomic E-state index is 13.8. The number of nitrogens with zero attached hydrogens (tertiary/aromatic N) is 6. The second-order valence-electron chi connectivity index (χ2n) is 31.6. The van der Waals surface area contributed by atoms with Gasteiger partial charge < -0.3 is 0 Å². The lowest BCUT2D eigenvalue weighted by molar-refractivity contribution is -0.122. The van der Waals surface area contributed by atoms with Crippen LogP contribution in [0.4, 0.5) is 0 Å². The Kier molecular flexibility index (Phi) is 25.1. The summed E-state index contributed by atoms with van der Waals surface area (Å²) in [5, 5.41) is 0. The standard InChI is InChI=1S/C96H104N6O2S8/c1-11-21-25-59(15-5)49-63-29-39-69(40-30-63)95(70-41-31-64(32-42-70)50-60(16-6)26-22-12-2)77-55-76-78(56-75(77)89-79(95)57-81(107-89)73-47-37-67(85-87(73)99-111-97-85)53-83-91(103)101(19-9)93(105)109-83)96(71-43-33-65(34-44-71)51-61(17-7)27-23-13-3,72-45-35-66(36-46-72)52-62(18-8)28-24-14-4)80-58-82(108-90(76)80)74-48-38-68(86-88(74)100-112-98-86)54-84-92(104)102(20-10)94(106)110-84/h29-48,53-62H,11-28,49-52H2,1-10H3/b83-53-,84-54-. The molecule has 0 radical (unpaired) electrons. The zero-order valence-electron chi connectivity index (χ0n) is 66.6. The number of amides is 2. The van der Waals surface area contributed by atoms with E-state index in [0.717, 1.165) is 105 Å². The van der Waals surface area contributed by atoms with Crippen molar-refractivity contribution in [1.82, 2.24) is 27.3 Å². The molecule has 578 valence electrons. The van der Waals surface area contributed by atoms with Gasteiger partial charge in [-0.3, -0.25) is 19.4 Å². The van der Waals surface area contributed by atoms with Crippen molar-refractivity contribution in [3.05, 3.63) is 233 Å². The van der Waals surface area contributed by atoms with E-state index in [1.165, 1.54) is 212 Å². The second-order valence-corrected chi connectivity index (χ2v) is 38.1. The van der Waals surface area contributed by atoms with Gasteiger partial charge in [0.1, 0.15) is 30.7 Å². The first-order valence-corrected chi connectivity index (χ1v) is 47.1. The Hall–Kier alpha value is -7.12. The Balaban J connectivity index is 1.01. The number of unbranched alkanes of at least 4 members (excludes halogenated alkanes) is 4. The number of likely N-dealkylation sites (N-methyl/N-ethyl adjacent to an activating group) is 2. The van der Waals surface area contributed by atoms with E-state index in [2.05, 4.69) is 201 Å². The molecule has 8 nitrogen and oxygen atoms in total. The highest BCUT2D eigenvalue weighted by atomic mass is 32.2. The Morgan fingerprint density at radius 1 is 0.375 bits per heavy atom. The van der Waals surface area contributed by atoms with E-state index in [1.807, 2.05) is 48.7 Å². The number of benzene rings is 7. The van der Waals surface area contributed by atoms with E-state index < -0.39 is 10.8 Å². The predicted octanol–water partition coefficient (Wildman–Crippen LogP) is 27.4. The molecule has 0 bridgehead atoms. The van der Waals surface area contributed by atoms with Crippen LogP contribution in [0.1, 0.15) is 250 Å². The Bertz CT molecular complexity index is 4890. The van der Waals surface area contributed by atoms with Crippen LogP contribution in [0.3, 0.4) is 0 Å². The second kappa shape index (κ2) is 35.1. The number of rotatable bonds is 34. The van der Waals surface area contributed by atoms with Gasteiger partial charge in [0.15, 0.2) is 0 Å². The summed E-state index contributed by atoms with van der Waals surface area (Å²) in [6, 6.07) is 58.8. The number of carbonyl (C=O) groups excluding carboxylic acids is 2. The molecule has 2 fully saturated rings. The fraction of sp³-hybridized carbons (Fsp3) is 0.396. The quantitative estimate of drug-likeness (QED) is 0.0287. The van der Waals surface area contributed by atoms with Gasteiger partial charge in [-0.2, -0.15) is 17.5 Å². The van der Waals surface area contributed by atoms with Crippen molar-refractivity contribution in [2.75, 3.05) is 13.1 Å². The van der Waals surface area contributed by atoms with Crippen LogP contribution in [0.25, 0.3) is 76.0 Å². The van der Waals surface area contributed by atoms with Crippen molar-refractivity contribution in [2.24, 2.45) is 23.7 Å². The minimum atomic E-state index is -0.784. The molecule has 15 rings (SSSR count). The molecule has 2 aliphatic heterocycles. The van der Waals surface area contributed by atoms with Crippen LogP contribution >= 0.6 is 94.1 Å². The molecule has 0 N–H and O–H groups in total. The summed E-state index contributed by atoms with van der Waals surface area (Å²) in [5.74, 6) is 2.31. The molecule has 2 amide bonds. The van der Waals surface area contributed by atoms with Gasteiger partial charge in [0.2, 0.25) is 0 Å². The number of thiocarbonyl (C=S) groups is 2. The molecule has 2 aliphatic carbocycles. The summed E-state index contributed by atoms with van der Waals surface area (Å²) in [5.41, 5.74) is 23.5. The predicted molar refractivity (Wildman–Crippen MR) is 489 cm³/mol. The molecular weight excluding hydrogens is 1530 g/mol. The van der Waals surface area contributed by atoms with Crippen molar-refractivity contribution in [1.29, 1.82) is 0 Å². The summed E-state index contributed by atoms with van der Waals surface area (Å²) in [7, 11) is 0. The zero-order chi connectivity index (χ0) is 78.0. The third-order valence-electron chi connectivity index (χ3n) is 24.9. The van der Waals surface area contributed by atoms with Crippen molar-refractivity contribution in [3.63, 3.8) is 0 Å². The van der Waals surface area contributed by atoms with Gasteiger partial charge in [0.05, 0.1) is 44.1 Å². The highest BCUT2D eigenvalue weighted by Gasteiger charge is 2.53. The zero-order valence-corrected chi connectivity index (χ0v) is 73.2. The average molecular weight is 1630 g/mol. The summed E-state index contributed by atoms with van der Waals surface area (Å²) in [6.45, 7) is 23.7. The summed E-state index contributed by atoms with van der Waals surface area (Å²) in [6.07, 6.45) is 27.4. The first kappa shape index (κ1) is 80.1. The van der Waals surface area contributed by atoms with Gasteiger partial charge >= 0.3 is 0 Å². The first-order valence-electron chi connectivity index (χ1n) is 41.6. The van der Waals surface area contributed by atoms with Crippen molar-refractivity contribution in [2.45, 2.75) is 208 Å². The molecule has 4 unspecified atom stereocenters. The van der Waals surface area contributed by atoms with Crippen molar-refractivity contribution < 1.29 is 9.59 Å². The number of carbonyl (C=O) groups is 2. The molecule has 16 heteroatoms. The van der Waals surface area contributed by atoms with E-state index in [9.17, 15) is 9.59 Å². The van der Waals surface area contributed by atoms with E-state index in [4.69, 9.17) is 41.9 Å². The topological polar surface area (TPSA) is 92.2 Å². The van der Waals surface area contributed by atoms with E-state index in [-0.39, 0.29) is 11.8 Å². The lowest BCUT2D eigenvalue weighted by atomic mass is 9.65. The minimum Gasteiger partial charge on any atom is -0.293 e. The minimum absolute atomic E-state index is 0.0692. The molecule has 7 aromatic carbocycles. The first-order chi connectivity index (χ1) is 54.7. The smallest absolute Gasteiger partial charge is 0.266 e. The molecule has 0 spiro atoms. The SMILES string of the molecule is CCCCC(CC)Cc1ccc(C2(c3ccc(CC(CC)CCCC)cc3)c3cc4c(cc3-c3sc(-c5ccc(/C=C6\SC(=S)N(CC)C6=O)c6nsnc56)cc32)C(c2ccc(CC(CC)CCCC)cc2)(c2ccc(CC(CC)CCCC)cc2)c2cc(-c3ccc(/C=C5\SC(=S)N(CC)C5=O)c5nsnc35)sc2-4)cc1. The van der Waals surface area contributed by atoms with Gasteiger partial charge in [0, 0.05) is 54.9 Å². The van der Waals surface area contributed by atoms with Crippen molar-refractivity contribution in [3.8, 4) is 41.8 Å². The van der Waals surface area contributed by atoms with Gasteiger partial charge in [-0.25, -0.2) is 0 Å². The van der Waals surface area contributed by atoms with Gasteiger partial charge in [-0.1, -0.05) is 327 Å². The van der Waals surface area contributed by atoms with Crippen LogP contribution in [0.15, 0.2) is 155 Å². The fourth-order valence-electron chi connectivity index (χ4n) is 18.4. The largest absolute Gasteiger partial charge is 0.293 e. The van der Waals surface area contributed by atoms with Crippen molar-refractivity contribution >= 4 is 149 Å². The van der Waals surface area contributed by atoms with Gasteiger partial charge in [-0.15, -0.1) is 22.7 Å². The lowest BCUT2D eigenvalue weighted by Crippen LogP contribution is -2.30. The molecule has 4 atom stereocenters. The molecule has 4 aromatic heterocycles. The van der Waals surface area contributed by atoms with Crippen LogP contribution in [-0.4, -0.2) is 60.8 Å². The third kappa shape index (κ3) is 15.0. The number of aromatic nitrogens is 4. The summed E-state index contributed by atoms with van der Waals surface area (Å²) >= 11 is 20.4. The van der Waals surface area contributed by atoms with E-state index >= 15 is 0 Å². The monoisotopic (exact) mass is 1630 g/mol. The Morgan fingerprint density at radius 3 is 0.955 bits per heavy atom. The molecule has 112 heavy (non-hydrogen) atoms. The maximum Gasteiger partial charge on any atom is 0.266 e. The molecule has 4 aliphatic rings. The van der Waals surface area contributed by atoms with Gasteiger partial charge in [-0.05, 0) is 178 Å². The number of hydrogen-bond donors (Lipinski definition) is 0. The maximum absolute atomic E-state index is 13.8. The molecule has 2 saturated heterocycles. The highest BCUT2D eigenvalue weighted by molar-refractivity contribution is 8.27. The highest BCUT2D eigenvalue weighted by Crippen LogP contribution is 2.66. The number of fused-ring (bicyclic) bond motifs is 8. The molecular formula is C96H104N6O2S8. The van der Waals surface area contributed by atoms with E-state index in [0.29, 0.717) is 55.2 Å². The van der Waals surface area contributed by atoms with Crippen LogP contribution in [0.5, 0.6) is 0 Å². The Morgan fingerprint density at radius 2 is 0.679 bits per heavy atom. The van der Waals surface area contributed by atoms with Crippen LogP contribution in [0, 0.1) is 23.7 Å². The molecule has 6 heterocycles. The average Bonchev–Trinajstić information content (AvgIpc) is 1.50. The number of hydrogen-bond acceptors (Lipinski definition) is 14. The molecule has 0 saturated carbocycles. The fourth-order valence-corrected chi connectivity index (χ4v) is 24.8. The summed E-state index contributed by atoms with van der Waals surface area (Å²) < 4.78 is 21.5. The van der Waals surface area contributed by atoms with Gasteiger partial charge in [0.25, 0.3) is 11.8 Å². The normalized spacial score (nSPS) is 18.4. The van der Waals surface area contributed by atoms with Crippen LogP contribution in [0.2, 0.25) is 0 Å². The molecule has 11 aromatic rings. The van der Waals surface area contributed by atoms with Crippen LogP contribution < -0.4 is 0 Å². The van der Waals surface area contributed by atoms with E-state index in [1.54, 1.807) is 9.80 Å². The Labute approximate surface area is 699 Å². The lowest BCUT2D eigenvalue weighted by Gasteiger charge is -2.36. The number of thiophene rings is 2. The number of thioether (sulfide) groups is 2. The third-order valence-corrected chi connectivity index (χ3v) is 31.1.